The summed E-state index contributed by atoms with van der Waals surface area (Å²) in [7, 11) is 3.00. The second kappa shape index (κ2) is 4.70. The Morgan fingerprint density at radius 2 is 2.00 bits per heavy atom. The summed E-state index contributed by atoms with van der Waals surface area (Å²) in [6.07, 6.45) is 0. The van der Waals surface area contributed by atoms with E-state index in [9.17, 15) is 4.79 Å². The van der Waals surface area contributed by atoms with E-state index in [1.54, 1.807) is 18.2 Å². The first-order chi connectivity index (χ1) is 8.67. The van der Waals surface area contributed by atoms with Gasteiger partial charge in [-0.1, -0.05) is 0 Å². The minimum absolute atomic E-state index is 0.276. The van der Waals surface area contributed by atoms with Gasteiger partial charge in [-0.05, 0) is 22.6 Å². The van der Waals surface area contributed by atoms with Crippen molar-refractivity contribution in [3.05, 3.63) is 24.0 Å². The molecule has 1 aromatic carbocycles. The van der Waals surface area contributed by atoms with Gasteiger partial charge in [-0.3, -0.25) is 0 Å². The molecular formula is C10H10N4O4. The number of benzene rings is 1. The zero-order chi connectivity index (χ0) is 13.1. The number of nitrogens with zero attached hydrogens (tertiary/aromatic N) is 4. The molecule has 0 saturated heterocycles. The first kappa shape index (κ1) is 11.8. The highest BCUT2D eigenvalue weighted by atomic mass is 16.5. The van der Waals surface area contributed by atoms with Crippen LogP contribution in [0.1, 0.15) is 10.6 Å². The Bertz CT molecular complexity index is 581. The van der Waals surface area contributed by atoms with Crippen LogP contribution in [0.25, 0.3) is 5.69 Å². The van der Waals surface area contributed by atoms with E-state index in [1.807, 2.05) is 0 Å². The van der Waals surface area contributed by atoms with Gasteiger partial charge < -0.3 is 14.6 Å². The molecule has 94 valence electrons. The van der Waals surface area contributed by atoms with Crippen molar-refractivity contribution in [2.24, 2.45) is 0 Å². The number of hydrogen-bond acceptors (Lipinski definition) is 6. The maximum absolute atomic E-state index is 10.9. The van der Waals surface area contributed by atoms with Crippen LogP contribution in [0, 0.1) is 0 Å². The Balaban J connectivity index is 2.51. The molecule has 8 heteroatoms. The largest absolute Gasteiger partial charge is 0.493 e. The number of ether oxygens (including phenoxy) is 2. The van der Waals surface area contributed by atoms with Crippen molar-refractivity contribution in [2.75, 3.05) is 14.2 Å². The molecule has 0 fully saturated rings. The number of carboxylic acids is 1. The van der Waals surface area contributed by atoms with Crippen LogP contribution in [-0.4, -0.2) is 45.5 Å². The summed E-state index contributed by atoms with van der Waals surface area (Å²) in [6.45, 7) is 0. The minimum atomic E-state index is -1.21. The van der Waals surface area contributed by atoms with Crippen LogP contribution < -0.4 is 9.47 Å². The Kier molecular flexibility index (Phi) is 3.09. The third kappa shape index (κ3) is 1.95. The number of carboxylic acid groups (broad SMARTS) is 1. The Hall–Kier alpha value is -2.64. The average molecular weight is 250 g/mol. The third-order valence-electron chi connectivity index (χ3n) is 2.27. The van der Waals surface area contributed by atoms with Crippen molar-refractivity contribution in [3.8, 4) is 17.2 Å². The molecule has 2 aromatic rings. The molecule has 0 amide bonds. The summed E-state index contributed by atoms with van der Waals surface area (Å²) in [4.78, 5) is 10.9. The van der Waals surface area contributed by atoms with E-state index in [4.69, 9.17) is 14.6 Å². The van der Waals surface area contributed by atoms with Gasteiger partial charge >= 0.3 is 5.97 Å². The molecule has 0 saturated carbocycles. The van der Waals surface area contributed by atoms with Crippen LogP contribution in [-0.2, 0) is 0 Å². The molecule has 1 aromatic heterocycles. The standard InChI is InChI=1S/C10H10N4O4/c1-17-7-4-3-6(5-8(7)18-2)14-9(10(15)16)11-12-13-14/h3-5H,1-2H3,(H,15,16). The van der Waals surface area contributed by atoms with E-state index in [-0.39, 0.29) is 5.82 Å². The van der Waals surface area contributed by atoms with Crippen LogP contribution in [0.15, 0.2) is 18.2 Å². The van der Waals surface area contributed by atoms with Gasteiger partial charge in [0, 0.05) is 6.07 Å². The molecule has 18 heavy (non-hydrogen) atoms. The number of rotatable bonds is 4. The Morgan fingerprint density at radius 1 is 1.28 bits per heavy atom. The molecule has 0 atom stereocenters. The van der Waals surface area contributed by atoms with Crippen LogP contribution in [0.4, 0.5) is 0 Å². The lowest BCUT2D eigenvalue weighted by atomic mass is 10.2. The molecule has 0 unspecified atom stereocenters. The highest BCUT2D eigenvalue weighted by Gasteiger charge is 2.16. The van der Waals surface area contributed by atoms with Crippen molar-refractivity contribution in [2.45, 2.75) is 0 Å². The van der Waals surface area contributed by atoms with Crippen molar-refractivity contribution >= 4 is 5.97 Å². The molecule has 0 spiro atoms. The van der Waals surface area contributed by atoms with E-state index >= 15 is 0 Å². The summed E-state index contributed by atoms with van der Waals surface area (Å²) in [6, 6.07) is 4.85. The van der Waals surface area contributed by atoms with E-state index in [1.165, 1.54) is 14.2 Å². The molecule has 0 aliphatic rings. The SMILES string of the molecule is COc1ccc(-n2nnnc2C(=O)O)cc1OC. The molecule has 8 nitrogen and oxygen atoms in total. The Morgan fingerprint density at radius 3 is 2.61 bits per heavy atom. The molecule has 0 radical (unpaired) electrons. The molecule has 1 N–H and O–H groups in total. The summed E-state index contributed by atoms with van der Waals surface area (Å²) in [5.74, 6) is -0.495. The van der Waals surface area contributed by atoms with Gasteiger partial charge in [-0.2, -0.15) is 4.68 Å². The Labute approximate surface area is 102 Å². The lowest BCUT2D eigenvalue weighted by Crippen LogP contribution is -2.09. The quantitative estimate of drug-likeness (QED) is 0.837. The predicted molar refractivity (Wildman–Crippen MR) is 59.2 cm³/mol. The predicted octanol–water partition coefficient (Wildman–Crippen LogP) is 0.378. The lowest BCUT2D eigenvalue weighted by molar-refractivity contribution is 0.0680. The molecule has 0 aliphatic carbocycles. The number of methoxy groups -OCH3 is 2. The number of hydrogen-bond donors (Lipinski definition) is 1. The number of carbonyl (C=O) groups is 1. The second-order valence-corrected chi connectivity index (χ2v) is 3.26. The van der Waals surface area contributed by atoms with Crippen LogP contribution in [0.5, 0.6) is 11.5 Å². The first-order valence-corrected chi connectivity index (χ1v) is 4.91. The highest BCUT2D eigenvalue weighted by molar-refractivity contribution is 5.83. The molecule has 2 rings (SSSR count). The first-order valence-electron chi connectivity index (χ1n) is 4.91. The zero-order valence-corrected chi connectivity index (χ0v) is 9.69. The monoisotopic (exact) mass is 250 g/mol. The van der Waals surface area contributed by atoms with Crippen molar-refractivity contribution in [1.29, 1.82) is 0 Å². The minimum Gasteiger partial charge on any atom is -0.493 e. The van der Waals surface area contributed by atoms with Gasteiger partial charge in [0.25, 0.3) is 5.82 Å². The maximum atomic E-state index is 10.9. The summed E-state index contributed by atoms with van der Waals surface area (Å²) < 4.78 is 11.3. The van der Waals surface area contributed by atoms with Gasteiger partial charge in [0.05, 0.1) is 19.9 Å². The van der Waals surface area contributed by atoms with Crippen LogP contribution in [0.3, 0.4) is 0 Å². The number of tetrazole rings is 1. The summed E-state index contributed by atoms with van der Waals surface area (Å²) in [5.41, 5.74) is 0.468. The average Bonchev–Trinajstić information content (AvgIpc) is 2.87. The molecule has 0 aliphatic heterocycles. The fourth-order valence-electron chi connectivity index (χ4n) is 1.45. The second-order valence-electron chi connectivity index (χ2n) is 3.26. The number of aromatic carboxylic acids is 1. The van der Waals surface area contributed by atoms with E-state index in [0.717, 1.165) is 4.68 Å². The van der Waals surface area contributed by atoms with E-state index in [0.29, 0.717) is 17.2 Å². The van der Waals surface area contributed by atoms with Gasteiger partial charge in [-0.15, -0.1) is 5.10 Å². The molecule has 1 heterocycles. The van der Waals surface area contributed by atoms with Crippen LogP contribution in [0.2, 0.25) is 0 Å². The third-order valence-corrected chi connectivity index (χ3v) is 2.27. The van der Waals surface area contributed by atoms with Crippen molar-refractivity contribution in [3.63, 3.8) is 0 Å². The zero-order valence-electron chi connectivity index (χ0n) is 9.69. The fraction of sp³-hybridized carbons (Fsp3) is 0.200. The van der Waals surface area contributed by atoms with E-state index in [2.05, 4.69) is 15.5 Å². The highest BCUT2D eigenvalue weighted by Crippen LogP contribution is 2.28. The smallest absolute Gasteiger partial charge is 0.376 e. The van der Waals surface area contributed by atoms with Gasteiger partial charge in [-0.25, -0.2) is 4.79 Å². The topological polar surface area (TPSA) is 99.4 Å². The number of aromatic nitrogens is 4. The normalized spacial score (nSPS) is 10.1. The van der Waals surface area contributed by atoms with Gasteiger partial charge in [0.1, 0.15) is 0 Å². The van der Waals surface area contributed by atoms with Crippen molar-refractivity contribution < 1.29 is 19.4 Å². The van der Waals surface area contributed by atoms with Crippen LogP contribution >= 0.6 is 0 Å². The molecular weight excluding hydrogens is 240 g/mol. The fourth-order valence-corrected chi connectivity index (χ4v) is 1.45. The summed E-state index contributed by atoms with van der Waals surface area (Å²) in [5, 5.41) is 19.3. The van der Waals surface area contributed by atoms with Gasteiger partial charge in [0.2, 0.25) is 0 Å². The maximum Gasteiger partial charge on any atom is 0.376 e. The van der Waals surface area contributed by atoms with E-state index < -0.39 is 5.97 Å². The summed E-state index contributed by atoms with van der Waals surface area (Å²) >= 11 is 0. The van der Waals surface area contributed by atoms with Gasteiger partial charge in [0.15, 0.2) is 11.5 Å². The van der Waals surface area contributed by atoms with Crippen molar-refractivity contribution in [1.82, 2.24) is 20.2 Å². The molecule has 0 bridgehead atoms. The lowest BCUT2D eigenvalue weighted by Gasteiger charge is -2.09.